The Hall–Kier alpha value is -3.23. The number of nitrogens with one attached hydrogen (secondary N) is 1. The molecule has 0 spiro atoms. The Bertz CT molecular complexity index is 1100. The molecule has 4 rings (SSSR count). The summed E-state index contributed by atoms with van der Waals surface area (Å²) in [7, 11) is 0. The average Bonchev–Trinajstić information content (AvgIpc) is 3.37. The zero-order valence-electron chi connectivity index (χ0n) is 17.0. The second-order valence-electron chi connectivity index (χ2n) is 7.43. The lowest BCUT2D eigenvalue weighted by molar-refractivity contribution is 0.0696. The summed E-state index contributed by atoms with van der Waals surface area (Å²) in [5, 5.41) is 22.5. The van der Waals surface area contributed by atoms with E-state index in [4.69, 9.17) is 16.6 Å². The fraction of sp³-hybridized carbons (Fsp3) is 0.261. The van der Waals surface area contributed by atoms with Crippen LogP contribution in [0.3, 0.4) is 0 Å². The molecule has 0 unspecified atom stereocenters. The molecule has 31 heavy (non-hydrogen) atoms. The molecule has 160 valence electrons. The lowest BCUT2D eigenvalue weighted by atomic mass is 10.0. The summed E-state index contributed by atoms with van der Waals surface area (Å²) in [5.41, 5.74) is 2.74. The summed E-state index contributed by atoms with van der Waals surface area (Å²) in [6.07, 6.45) is 2.32. The minimum atomic E-state index is -0.960. The largest absolute Gasteiger partial charge is 0.478 e. The van der Waals surface area contributed by atoms with Crippen LogP contribution in [0.2, 0.25) is 0 Å². The van der Waals surface area contributed by atoms with Gasteiger partial charge >= 0.3 is 5.97 Å². The molecular formula is C23H23N3O4S. The smallest absolute Gasteiger partial charge is 0.335 e. The summed E-state index contributed by atoms with van der Waals surface area (Å²) in [4.78, 5) is 17.7. The predicted octanol–water partition coefficient (Wildman–Crippen LogP) is 3.70. The summed E-state index contributed by atoms with van der Waals surface area (Å²) in [5.74, 6) is 0.417. The maximum Gasteiger partial charge on any atom is 0.335 e. The highest BCUT2D eigenvalue weighted by atomic mass is 32.1. The van der Waals surface area contributed by atoms with Crippen molar-refractivity contribution in [1.29, 1.82) is 0 Å². The number of carbonyl (C=O) groups is 1. The highest BCUT2D eigenvalue weighted by molar-refractivity contribution is 7.80. The Labute approximate surface area is 185 Å². The number of aromatic carboxylic acids is 1. The van der Waals surface area contributed by atoms with Crippen molar-refractivity contribution in [3.05, 3.63) is 77.3 Å². The molecule has 0 radical (unpaired) electrons. The third-order valence-electron chi connectivity index (χ3n) is 5.41. The van der Waals surface area contributed by atoms with E-state index in [1.807, 2.05) is 42.2 Å². The number of aliphatic hydroxyl groups is 1. The van der Waals surface area contributed by atoms with Gasteiger partial charge in [0.05, 0.1) is 17.3 Å². The molecule has 1 aliphatic heterocycles. The van der Waals surface area contributed by atoms with E-state index in [9.17, 15) is 15.0 Å². The quantitative estimate of drug-likeness (QED) is 0.481. The van der Waals surface area contributed by atoms with Crippen LogP contribution in [0.25, 0.3) is 11.3 Å². The number of carboxylic acid groups (broad SMARTS) is 1. The number of carboxylic acids is 1. The number of rotatable bonds is 7. The Balaban J connectivity index is 1.71. The van der Waals surface area contributed by atoms with Gasteiger partial charge in [-0.3, -0.25) is 4.98 Å². The number of thiocarbonyl (C=S) groups is 1. The van der Waals surface area contributed by atoms with Crippen molar-refractivity contribution in [2.75, 3.05) is 13.2 Å². The zero-order valence-corrected chi connectivity index (χ0v) is 17.8. The van der Waals surface area contributed by atoms with Crippen molar-refractivity contribution >= 4 is 23.3 Å². The van der Waals surface area contributed by atoms with Crippen molar-refractivity contribution in [3.63, 3.8) is 0 Å². The first kappa shape index (κ1) is 21.0. The van der Waals surface area contributed by atoms with Gasteiger partial charge < -0.3 is 24.8 Å². The number of aryl methyl sites for hydroxylation is 1. The Morgan fingerprint density at radius 3 is 2.77 bits per heavy atom. The molecule has 0 saturated carbocycles. The molecule has 2 aromatic heterocycles. The first-order valence-corrected chi connectivity index (χ1v) is 10.4. The number of hydrogen-bond acceptors (Lipinski definition) is 5. The minimum Gasteiger partial charge on any atom is -0.478 e. The second kappa shape index (κ2) is 8.87. The molecule has 2 atom stereocenters. The fourth-order valence-corrected chi connectivity index (χ4v) is 4.26. The summed E-state index contributed by atoms with van der Waals surface area (Å²) >= 11 is 5.58. The van der Waals surface area contributed by atoms with Crippen LogP contribution in [-0.2, 0) is 0 Å². The molecule has 3 heterocycles. The van der Waals surface area contributed by atoms with Gasteiger partial charge in [0.1, 0.15) is 17.6 Å². The highest BCUT2D eigenvalue weighted by Crippen LogP contribution is 2.40. The van der Waals surface area contributed by atoms with Crippen molar-refractivity contribution < 1.29 is 19.4 Å². The van der Waals surface area contributed by atoms with E-state index in [1.54, 1.807) is 24.4 Å². The van der Waals surface area contributed by atoms with Crippen molar-refractivity contribution in [2.24, 2.45) is 0 Å². The van der Waals surface area contributed by atoms with E-state index in [-0.39, 0.29) is 24.3 Å². The van der Waals surface area contributed by atoms with Crippen LogP contribution >= 0.6 is 12.2 Å². The van der Waals surface area contributed by atoms with Crippen molar-refractivity contribution in [1.82, 2.24) is 15.2 Å². The number of furan rings is 1. The first-order chi connectivity index (χ1) is 15.0. The lowest BCUT2D eigenvalue weighted by Gasteiger charge is -2.25. The molecule has 1 aromatic carbocycles. The van der Waals surface area contributed by atoms with Gasteiger partial charge in [-0.15, -0.1) is 0 Å². The van der Waals surface area contributed by atoms with E-state index in [0.717, 1.165) is 22.6 Å². The first-order valence-electron chi connectivity index (χ1n) is 10.0. The van der Waals surface area contributed by atoms with Crippen molar-refractivity contribution in [3.8, 4) is 11.3 Å². The number of pyridine rings is 1. The van der Waals surface area contributed by atoms with Crippen LogP contribution in [0.15, 0.2) is 59.1 Å². The van der Waals surface area contributed by atoms with Crippen LogP contribution in [-0.4, -0.2) is 44.3 Å². The number of hydrogen-bond donors (Lipinski definition) is 3. The molecule has 0 aliphatic carbocycles. The summed E-state index contributed by atoms with van der Waals surface area (Å²) < 4.78 is 6.27. The molecule has 0 bridgehead atoms. The number of aliphatic hydroxyl groups excluding tert-OH is 1. The van der Waals surface area contributed by atoms with Gasteiger partial charge in [0.2, 0.25) is 0 Å². The number of benzene rings is 1. The average molecular weight is 438 g/mol. The highest BCUT2D eigenvalue weighted by Gasteiger charge is 2.41. The van der Waals surface area contributed by atoms with Crippen molar-refractivity contribution in [2.45, 2.75) is 25.4 Å². The zero-order chi connectivity index (χ0) is 22.0. The van der Waals surface area contributed by atoms with Gasteiger partial charge in [-0.2, -0.15) is 0 Å². The lowest BCUT2D eigenvalue weighted by Crippen LogP contribution is -2.30. The third kappa shape index (κ3) is 4.17. The van der Waals surface area contributed by atoms with Crippen LogP contribution in [0, 0.1) is 6.92 Å². The number of aromatic nitrogens is 1. The Morgan fingerprint density at radius 1 is 1.26 bits per heavy atom. The van der Waals surface area contributed by atoms with Crippen LogP contribution < -0.4 is 5.32 Å². The van der Waals surface area contributed by atoms with Gasteiger partial charge in [-0.05, 0) is 67.5 Å². The summed E-state index contributed by atoms with van der Waals surface area (Å²) in [6, 6.07) is 14.1. The standard InChI is InChI=1S/C23H23N3O4S/c1-14-13-15(22(28)29)6-7-16(14)18-8-9-19(30-18)21-20(17-5-2-3-10-24-17)25-23(31)26(21)11-4-12-27/h2-3,5-10,13,20-21,27H,4,11-12H2,1H3,(H,25,31)(H,28,29)/t20-,21+/m0/s1. The van der Waals surface area contributed by atoms with Crippen LogP contribution in [0.1, 0.15) is 45.9 Å². The fourth-order valence-electron chi connectivity index (χ4n) is 3.93. The predicted molar refractivity (Wildman–Crippen MR) is 120 cm³/mol. The molecular weight excluding hydrogens is 414 g/mol. The monoisotopic (exact) mass is 437 g/mol. The van der Waals surface area contributed by atoms with Gasteiger partial charge in [0.25, 0.3) is 0 Å². The molecule has 0 amide bonds. The van der Waals surface area contributed by atoms with E-state index in [2.05, 4.69) is 10.3 Å². The van der Waals surface area contributed by atoms with E-state index in [1.165, 1.54) is 0 Å². The molecule has 3 N–H and O–H groups in total. The van der Waals surface area contributed by atoms with Gasteiger partial charge in [-0.25, -0.2) is 4.79 Å². The Morgan fingerprint density at radius 2 is 2.10 bits per heavy atom. The van der Waals surface area contributed by atoms with Gasteiger partial charge in [-0.1, -0.05) is 12.1 Å². The minimum absolute atomic E-state index is 0.0681. The van der Waals surface area contributed by atoms with Crippen LogP contribution in [0.5, 0.6) is 0 Å². The van der Waals surface area contributed by atoms with Gasteiger partial charge in [0, 0.05) is 24.9 Å². The number of nitrogens with zero attached hydrogens (tertiary/aromatic N) is 2. The summed E-state index contributed by atoms with van der Waals surface area (Å²) in [6.45, 7) is 2.51. The maximum absolute atomic E-state index is 11.2. The van der Waals surface area contributed by atoms with E-state index >= 15 is 0 Å². The molecule has 3 aromatic rings. The molecule has 7 nitrogen and oxygen atoms in total. The Kier molecular flexibility index (Phi) is 6.01. The molecule has 1 fully saturated rings. The SMILES string of the molecule is Cc1cc(C(=O)O)ccc1-c1ccc([C@@H]2[C@H](c3ccccn3)NC(=S)N2CCCO)o1. The second-order valence-corrected chi connectivity index (χ2v) is 7.82. The molecule has 8 heteroatoms. The van der Waals surface area contributed by atoms with E-state index in [0.29, 0.717) is 23.8 Å². The van der Waals surface area contributed by atoms with Gasteiger partial charge in [0.15, 0.2) is 5.11 Å². The maximum atomic E-state index is 11.2. The molecule has 1 saturated heterocycles. The van der Waals surface area contributed by atoms with E-state index < -0.39 is 5.97 Å². The molecule has 1 aliphatic rings. The third-order valence-corrected chi connectivity index (χ3v) is 5.76. The topological polar surface area (TPSA) is 98.8 Å². The normalized spacial score (nSPS) is 18.3. The van der Waals surface area contributed by atoms with Crippen LogP contribution in [0.4, 0.5) is 0 Å².